The Labute approximate surface area is 207 Å². The van der Waals surface area contributed by atoms with Gasteiger partial charge in [0.05, 0.1) is 11.2 Å². The highest BCUT2D eigenvalue weighted by Crippen LogP contribution is 2.33. The molecule has 0 radical (unpaired) electrons. The van der Waals surface area contributed by atoms with Crippen molar-refractivity contribution in [3.8, 4) is 11.1 Å². The van der Waals surface area contributed by atoms with Crippen molar-refractivity contribution in [1.29, 1.82) is 0 Å². The van der Waals surface area contributed by atoms with Gasteiger partial charge in [0, 0.05) is 81.4 Å². The molecule has 184 valence electrons. The first kappa shape index (κ1) is 22.4. The van der Waals surface area contributed by atoms with Gasteiger partial charge in [0.2, 0.25) is 5.91 Å². The summed E-state index contributed by atoms with van der Waals surface area (Å²) in [5, 5.41) is 4.59. The van der Waals surface area contributed by atoms with Crippen molar-refractivity contribution in [3.05, 3.63) is 48.8 Å². The predicted octanol–water partition coefficient (Wildman–Crippen LogP) is 3.59. The third-order valence-corrected chi connectivity index (χ3v) is 8.04. The quantitative estimate of drug-likeness (QED) is 0.568. The summed E-state index contributed by atoms with van der Waals surface area (Å²) in [6, 6.07) is 13.9. The number of carbonyl (C=O) groups is 1. The van der Waals surface area contributed by atoms with Gasteiger partial charge in [-0.1, -0.05) is 19.1 Å². The van der Waals surface area contributed by atoms with Crippen LogP contribution in [0.3, 0.4) is 0 Å². The molecule has 0 bridgehead atoms. The van der Waals surface area contributed by atoms with Gasteiger partial charge < -0.3 is 14.7 Å². The van der Waals surface area contributed by atoms with Crippen LogP contribution in [0.5, 0.6) is 0 Å². The Bertz CT molecular complexity index is 1190. The fourth-order valence-electron chi connectivity index (χ4n) is 5.73. The number of fused-ring (bicyclic) bond motifs is 1. The summed E-state index contributed by atoms with van der Waals surface area (Å²) in [5.41, 5.74) is 6.02. The van der Waals surface area contributed by atoms with Crippen molar-refractivity contribution < 1.29 is 4.79 Å². The number of amides is 1. The molecule has 1 amide bonds. The number of benzene rings is 1. The van der Waals surface area contributed by atoms with Crippen LogP contribution in [0, 0.1) is 5.92 Å². The zero-order chi connectivity index (χ0) is 23.9. The Morgan fingerprint density at radius 2 is 1.74 bits per heavy atom. The van der Waals surface area contributed by atoms with E-state index in [0.717, 1.165) is 70.7 Å². The van der Waals surface area contributed by atoms with Crippen LogP contribution >= 0.6 is 0 Å². The van der Waals surface area contributed by atoms with Crippen LogP contribution in [0.2, 0.25) is 0 Å². The maximum Gasteiger partial charge on any atom is 0.225 e. The minimum absolute atomic E-state index is 0.304. The van der Waals surface area contributed by atoms with E-state index in [1.54, 1.807) is 0 Å². The van der Waals surface area contributed by atoms with Crippen molar-refractivity contribution in [2.24, 2.45) is 5.92 Å². The molecule has 7 heteroatoms. The van der Waals surface area contributed by atoms with E-state index in [4.69, 9.17) is 0 Å². The Morgan fingerprint density at radius 3 is 2.43 bits per heavy atom. The summed E-state index contributed by atoms with van der Waals surface area (Å²) >= 11 is 0. The maximum atomic E-state index is 12.4. The lowest BCUT2D eigenvalue weighted by atomic mass is 10.1. The lowest BCUT2D eigenvalue weighted by molar-refractivity contribution is -0.132. The van der Waals surface area contributed by atoms with Gasteiger partial charge in [0.15, 0.2) is 0 Å². The maximum absolute atomic E-state index is 12.4. The smallest absolute Gasteiger partial charge is 0.225 e. The number of likely N-dealkylation sites (N-methyl/N-ethyl adjacent to an activating group) is 1. The van der Waals surface area contributed by atoms with Crippen molar-refractivity contribution in [3.63, 3.8) is 0 Å². The topological polar surface area (TPSA) is 47.3 Å². The Hall–Kier alpha value is -3.06. The van der Waals surface area contributed by atoms with Gasteiger partial charge in [-0.25, -0.2) is 4.52 Å². The van der Waals surface area contributed by atoms with Gasteiger partial charge in [-0.15, -0.1) is 0 Å². The number of carbonyl (C=O) groups excluding carboxylic acids is 1. The molecule has 7 nitrogen and oxygen atoms in total. The molecule has 3 aromatic rings. The van der Waals surface area contributed by atoms with Crippen LogP contribution in [0.4, 0.5) is 11.4 Å². The van der Waals surface area contributed by atoms with Crippen LogP contribution in [0.15, 0.2) is 48.8 Å². The normalized spacial score (nSPS) is 21.7. The van der Waals surface area contributed by atoms with Crippen molar-refractivity contribution >= 4 is 22.8 Å². The first-order valence-electron chi connectivity index (χ1n) is 13.2. The fourth-order valence-corrected chi connectivity index (χ4v) is 5.73. The number of aromatic nitrogens is 2. The average molecular weight is 473 g/mol. The first-order chi connectivity index (χ1) is 17.1. The van der Waals surface area contributed by atoms with Crippen LogP contribution in [0.1, 0.15) is 26.7 Å². The Balaban J connectivity index is 1.19. The molecule has 35 heavy (non-hydrogen) atoms. The van der Waals surface area contributed by atoms with E-state index in [9.17, 15) is 4.79 Å². The molecule has 0 unspecified atom stereocenters. The second-order valence-corrected chi connectivity index (χ2v) is 10.3. The minimum atomic E-state index is 0.304. The number of piperazine rings is 2. The van der Waals surface area contributed by atoms with E-state index in [2.05, 4.69) is 81.1 Å². The van der Waals surface area contributed by atoms with Gasteiger partial charge in [-0.3, -0.25) is 9.69 Å². The molecular weight excluding hydrogens is 436 g/mol. The number of hydrogen-bond donors (Lipinski definition) is 0. The summed E-state index contributed by atoms with van der Waals surface area (Å²) in [6.45, 7) is 12.4. The third-order valence-electron chi connectivity index (χ3n) is 8.04. The van der Waals surface area contributed by atoms with Gasteiger partial charge in [-0.2, -0.15) is 5.10 Å². The lowest BCUT2D eigenvalue weighted by Gasteiger charge is -2.41. The summed E-state index contributed by atoms with van der Waals surface area (Å²) < 4.78 is 1.99. The predicted molar refractivity (Wildman–Crippen MR) is 141 cm³/mol. The molecular formula is C28H36N6O. The van der Waals surface area contributed by atoms with E-state index >= 15 is 0 Å². The van der Waals surface area contributed by atoms with Gasteiger partial charge in [0.1, 0.15) is 0 Å². The van der Waals surface area contributed by atoms with Crippen LogP contribution in [-0.2, 0) is 4.79 Å². The molecule has 3 aliphatic rings. The van der Waals surface area contributed by atoms with Crippen molar-refractivity contribution in [1.82, 2.24) is 19.4 Å². The highest BCUT2D eigenvalue weighted by molar-refractivity contribution is 5.82. The van der Waals surface area contributed by atoms with Crippen molar-refractivity contribution in [2.75, 3.05) is 62.2 Å². The molecule has 2 aliphatic heterocycles. The van der Waals surface area contributed by atoms with Gasteiger partial charge >= 0.3 is 0 Å². The molecule has 1 saturated carbocycles. The summed E-state index contributed by atoms with van der Waals surface area (Å²) in [6.07, 6.45) is 6.16. The Morgan fingerprint density at radius 1 is 0.971 bits per heavy atom. The third kappa shape index (κ3) is 4.38. The molecule has 1 aromatic carbocycles. The zero-order valence-corrected chi connectivity index (χ0v) is 20.9. The van der Waals surface area contributed by atoms with Crippen LogP contribution < -0.4 is 9.80 Å². The number of anilines is 2. The fraction of sp³-hybridized carbons (Fsp3) is 0.500. The first-order valence-corrected chi connectivity index (χ1v) is 13.2. The zero-order valence-electron chi connectivity index (χ0n) is 20.9. The van der Waals surface area contributed by atoms with E-state index < -0.39 is 0 Å². The highest BCUT2D eigenvalue weighted by atomic mass is 16.2. The van der Waals surface area contributed by atoms with Crippen molar-refractivity contribution in [2.45, 2.75) is 32.7 Å². The summed E-state index contributed by atoms with van der Waals surface area (Å²) in [7, 11) is 0. The molecule has 2 saturated heterocycles. The van der Waals surface area contributed by atoms with Crippen LogP contribution in [0.25, 0.3) is 16.6 Å². The monoisotopic (exact) mass is 472 g/mol. The largest absolute Gasteiger partial charge is 0.366 e. The molecule has 0 N–H and O–H groups in total. The molecule has 1 aliphatic carbocycles. The van der Waals surface area contributed by atoms with E-state index in [1.807, 2.05) is 10.7 Å². The SMILES string of the molecule is CCN1CCN(c2ccc(-c3cc4c(N5CCN(C(=O)C6CC6)CC5)ccnn4c3)cc2)[C@@H](C)C1. The lowest BCUT2D eigenvalue weighted by Crippen LogP contribution is -2.51. The second-order valence-electron chi connectivity index (χ2n) is 10.3. The number of rotatable bonds is 5. The molecule has 3 fully saturated rings. The highest BCUT2D eigenvalue weighted by Gasteiger charge is 2.34. The van der Waals surface area contributed by atoms with Gasteiger partial charge in [-0.05, 0) is 56.1 Å². The molecule has 6 rings (SSSR count). The molecule has 4 heterocycles. The van der Waals surface area contributed by atoms with E-state index in [1.165, 1.54) is 22.5 Å². The molecule has 1 atom stereocenters. The minimum Gasteiger partial charge on any atom is -0.366 e. The molecule has 2 aromatic heterocycles. The summed E-state index contributed by atoms with van der Waals surface area (Å²) in [4.78, 5) is 21.9. The molecule has 0 spiro atoms. The van der Waals surface area contributed by atoms with E-state index in [0.29, 0.717) is 17.9 Å². The van der Waals surface area contributed by atoms with E-state index in [-0.39, 0.29) is 0 Å². The standard InChI is InChI=1S/C28H36N6O/c1-3-30-12-17-33(21(2)19-30)25-8-6-22(7-9-25)24-18-27-26(10-11-29-34(27)20-24)31-13-15-32(16-14-31)28(35)23-4-5-23/h6-11,18,20-21,23H,3-5,12-17,19H2,1-2H3/t21-/m0/s1. The Kier molecular flexibility index (Phi) is 5.88. The number of hydrogen-bond acceptors (Lipinski definition) is 5. The van der Waals surface area contributed by atoms with Gasteiger partial charge in [0.25, 0.3) is 0 Å². The summed E-state index contributed by atoms with van der Waals surface area (Å²) in [5.74, 6) is 0.664. The second kappa shape index (κ2) is 9.19. The average Bonchev–Trinajstić information content (AvgIpc) is 3.66. The van der Waals surface area contributed by atoms with Crippen LogP contribution in [-0.4, -0.2) is 83.7 Å². The number of nitrogens with zero attached hydrogens (tertiary/aromatic N) is 6.